The van der Waals surface area contributed by atoms with Gasteiger partial charge < -0.3 is 9.47 Å². The Balaban J connectivity index is 2.23. The standard InChI is InChI=1S/C18H18N2O4S/c1-13-12-20(18(19-13)14-7-5-4-6-8-14)25(21,22)17-11-15(23-2)9-10-16(17)24-3/h4-12H,1-3H3. The first-order valence-electron chi connectivity index (χ1n) is 7.56. The second-order valence-corrected chi connectivity index (χ2v) is 7.17. The second kappa shape index (κ2) is 6.60. The number of hydrogen-bond acceptors (Lipinski definition) is 5. The Hall–Kier alpha value is -2.80. The molecule has 3 rings (SSSR count). The van der Waals surface area contributed by atoms with Gasteiger partial charge in [0.2, 0.25) is 0 Å². The number of benzene rings is 2. The van der Waals surface area contributed by atoms with Crippen molar-refractivity contribution in [2.24, 2.45) is 0 Å². The summed E-state index contributed by atoms with van der Waals surface area (Å²) >= 11 is 0. The summed E-state index contributed by atoms with van der Waals surface area (Å²) in [5, 5.41) is 0. The number of aromatic nitrogens is 2. The van der Waals surface area contributed by atoms with E-state index in [1.54, 1.807) is 19.1 Å². The molecule has 0 saturated carbocycles. The van der Waals surface area contributed by atoms with Crippen LogP contribution in [0.5, 0.6) is 11.5 Å². The zero-order chi connectivity index (χ0) is 18.0. The van der Waals surface area contributed by atoms with Crippen LogP contribution in [0.3, 0.4) is 0 Å². The quantitative estimate of drug-likeness (QED) is 0.701. The number of hydrogen-bond donors (Lipinski definition) is 0. The van der Waals surface area contributed by atoms with Crippen LogP contribution in [0, 0.1) is 6.92 Å². The molecule has 130 valence electrons. The average Bonchev–Trinajstić information content (AvgIpc) is 3.04. The molecule has 0 N–H and O–H groups in total. The van der Waals surface area contributed by atoms with Crippen LogP contribution in [-0.2, 0) is 10.0 Å². The third-order valence-electron chi connectivity index (χ3n) is 3.73. The lowest BCUT2D eigenvalue weighted by Gasteiger charge is -2.13. The van der Waals surface area contributed by atoms with E-state index >= 15 is 0 Å². The van der Waals surface area contributed by atoms with Gasteiger partial charge in [-0.15, -0.1) is 0 Å². The minimum absolute atomic E-state index is 0.0175. The molecule has 3 aromatic rings. The Morgan fingerprint density at radius 1 is 1.00 bits per heavy atom. The number of rotatable bonds is 5. The fraction of sp³-hybridized carbons (Fsp3) is 0.167. The fourth-order valence-electron chi connectivity index (χ4n) is 2.53. The first-order valence-corrected chi connectivity index (χ1v) is 9.00. The van der Waals surface area contributed by atoms with Crippen molar-refractivity contribution in [3.63, 3.8) is 0 Å². The van der Waals surface area contributed by atoms with Crippen molar-refractivity contribution in [3.05, 3.63) is 60.4 Å². The molecule has 0 fully saturated rings. The summed E-state index contributed by atoms with van der Waals surface area (Å²) in [6, 6.07) is 13.8. The molecular weight excluding hydrogens is 340 g/mol. The summed E-state index contributed by atoms with van der Waals surface area (Å²) < 4.78 is 38.1. The van der Waals surface area contributed by atoms with E-state index in [-0.39, 0.29) is 10.6 Å². The second-order valence-electron chi connectivity index (χ2n) is 5.39. The first-order chi connectivity index (χ1) is 12.0. The number of aryl methyl sites for hydroxylation is 1. The van der Waals surface area contributed by atoms with Gasteiger partial charge in [0.25, 0.3) is 10.0 Å². The Labute approximate surface area is 146 Å². The van der Waals surface area contributed by atoms with E-state index in [9.17, 15) is 8.42 Å². The highest BCUT2D eigenvalue weighted by atomic mass is 32.2. The molecule has 1 aromatic heterocycles. The van der Waals surface area contributed by atoms with E-state index in [2.05, 4.69) is 4.98 Å². The predicted octanol–water partition coefficient (Wildman–Crippen LogP) is 3.11. The molecule has 0 radical (unpaired) electrons. The number of ether oxygens (including phenoxy) is 2. The third-order valence-corrected chi connectivity index (χ3v) is 5.41. The van der Waals surface area contributed by atoms with E-state index < -0.39 is 10.0 Å². The molecule has 6 nitrogen and oxygen atoms in total. The zero-order valence-electron chi connectivity index (χ0n) is 14.1. The number of imidazole rings is 1. The van der Waals surface area contributed by atoms with Crippen LogP contribution in [-0.4, -0.2) is 31.6 Å². The maximum absolute atomic E-state index is 13.3. The Kier molecular flexibility index (Phi) is 4.50. The largest absolute Gasteiger partial charge is 0.497 e. The summed E-state index contributed by atoms with van der Waals surface area (Å²) in [7, 11) is -1.01. The lowest BCUT2D eigenvalue weighted by atomic mass is 10.2. The van der Waals surface area contributed by atoms with Crippen LogP contribution in [0.1, 0.15) is 5.69 Å². The summed E-state index contributed by atoms with van der Waals surface area (Å²) in [5.41, 5.74) is 1.31. The Morgan fingerprint density at radius 2 is 1.72 bits per heavy atom. The molecule has 2 aromatic carbocycles. The first kappa shape index (κ1) is 17.0. The van der Waals surface area contributed by atoms with Crippen molar-refractivity contribution in [2.45, 2.75) is 11.8 Å². The van der Waals surface area contributed by atoms with E-state index in [1.165, 1.54) is 30.5 Å². The van der Waals surface area contributed by atoms with Crippen molar-refractivity contribution in [2.75, 3.05) is 14.2 Å². The normalized spacial score (nSPS) is 11.3. The van der Waals surface area contributed by atoms with Gasteiger partial charge in [-0.05, 0) is 19.1 Å². The molecule has 0 atom stereocenters. The van der Waals surface area contributed by atoms with Gasteiger partial charge in [0.05, 0.1) is 19.9 Å². The summed E-state index contributed by atoms with van der Waals surface area (Å²) in [6.07, 6.45) is 1.50. The Bertz CT molecular complexity index is 995. The SMILES string of the molecule is COc1ccc(OC)c(S(=O)(=O)n2cc(C)nc2-c2ccccc2)c1. The molecule has 25 heavy (non-hydrogen) atoms. The van der Waals surface area contributed by atoms with Crippen LogP contribution in [0.15, 0.2) is 59.6 Å². The van der Waals surface area contributed by atoms with Crippen molar-refractivity contribution >= 4 is 10.0 Å². The highest BCUT2D eigenvalue weighted by Crippen LogP contribution is 2.32. The molecule has 0 aliphatic rings. The fourth-order valence-corrected chi connectivity index (χ4v) is 4.08. The number of methoxy groups -OCH3 is 2. The van der Waals surface area contributed by atoms with Crippen LogP contribution in [0.4, 0.5) is 0 Å². The van der Waals surface area contributed by atoms with Gasteiger partial charge in [-0.3, -0.25) is 0 Å². The van der Waals surface area contributed by atoms with Crippen molar-refractivity contribution in [1.29, 1.82) is 0 Å². The molecule has 0 aliphatic carbocycles. The topological polar surface area (TPSA) is 70.4 Å². The molecule has 0 amide bonds. The smallest absolute Gasteiger partial charge is 0.273 e. The lowest BCUT2D eigenvalue weighted by Crippen LogP contribution is -2.15. The van der Waals surface area contributed by atoms with Gasteiger partial charge in [-0.25, -0.2) is 17.4 Å². The van der Waals surface area contributed by atoms with Gasteiger partial charge in [0.1, 0.15) is 16.4 Å². The van der Waals surface area contributed by atoms with Crippen molar-refractivity contribution < 1.29 is 17.9 Å². The van der Waals surface area contributed by atoms with Gasteiger partial charge in [-0.1, -0.05) is 30.3 Å². The van der Waals surface area contributed by atoms with Crippen LogP contribution >= 0.6 is 0 Å². The van der Waals surface area contributed by atoms with Crippen LogP contribution in [0.25, 0.3) is 11.4 Å². The summed E-state index contributed by atoms with van der Waals surface area (Å²) in [4.78, 5) is 4.40. The molecule has 0 bridgehead atoms. The summed E-state index contributed by atoms with van der Waals surface area (Å²) in [6.45, 7) is 1.75. The molecule has 1 heterocycles. The van der Waals surface area contributed by atoms with Crippen molar-refractivity contribution in [1.82, 2.24) is 8.96 Å². The summed E-state index contributed by atoms with van der Waals surface area (Å²) in [5.74, 6) is 1.02. The number of nitrogens with zero attached hydrogens (tertiary/aromatic N) is 2. The molecular formula is C18H18N2O4S. The maximum atomic E-state index is 13.3. The van der Waals surface area contributed by atoms with Gasteiger partial charge >= 0.3 is 0 Å². The van der Waals surface area contributed by atoms with Gasteiger partial charge in [-0.2, -0.15) is 0 Å². The van der Waals surface area contributed by atoms with E-state index in [1.807, 2.05) is 30.3 Å². The van der Waals surface area contributed by atoms with Crippen LogP contribution < -0.4 is 9.47 Å². The van der Waals surface area contributed by atoms with E-state index in [4.69, 9.17) is 9.47 Å². The Morgan fingerprint density at radius 3 is 2.36 bits per heavy atom. The molecule has 0 aliphatic heterocycles. The van der Waals surface area contributed by atoms with Crippen molar-refractivity contribution in [3.8, 4) is 22.9 Å². The predicted molar refractivity (Wildman–Crippen MR) is 94.5 cm³/mol. The van der Waals surface area contributed by atoms with E-state index in [0.717, 1.165) is 0 Å². The minimum Gasteiger partial charge on any atom is -0.497 e. The zero-order valence-corrected chi connectivity index (χ0v) is 14.9. The van der Waals surface area contributed by atoms with Gasteiger partial charge in [0.15, 0.2) is 5.82 Å². The monoisotopic (exact) mass is 358 g/mol. The third kappa shape index (κ3) is 3.10. The molecule has 7 heteroatoms. The minimum atomic E-state index is -3.92. The van der Waals surface area contributed by atoms with E-state index in [0.29, 0.717) is 22.8 Å². The highest BCUT2D eigenvalue weighted by Gasteiger charge is 2.26. The van der Waals surface area contributed by atoms with Gasteiger partial charge in [0, 0.05) is 17.8 Å². The molecule has 0 spiro atoms. The molecule has 0 unspecified atom stereocenters. The maximum Gasteiger partial charge on any atom is 0.273 e. The van der Waals surface area contributed by atoms with Crippen LogP contribution in [0.2, 0.25) is 0 Å². The highest BCUT2D eigenvalue weighted by molar-refractivity contribution is 7.90. The average molecular weight is 358 g/mol. The molecule has 0 saturated heterocycles. The lowest BCUT2D eigenvalue weighted by molar-refractivity contribution is 0.392.